The number of hydrogen-bond donors (Lipinski definition) is 1. The quantitative estimate of drug-likeness (QED) is 0.322. The molecule has 0 saturated carbocycles. The SMILES string of the molecule is CCOC(=O)c1c(F)c(Cl)cc2c1OCCN2.CCOC(=O)c1c(F)c(Cl)cc2c1OCCN2CCCOC. The van der Waals surface area contributed by atoms with Crippen LogP contribution in [0.2, 0.25) is 10.0 Å². The Bertz CT molecular complexity index is 1200. The number of hydrogen-bond acceptors (Lipinski definition) is 9. The summed E-state index contributed by atoms with van der Waals surface area (Å²) < 4.78 is 53.6. The molecule has 0 fully saturated rings. The van der Waals surface area contributed by atoms with Crippen molar-refractivity contribution in [1.29, 1.82) is 0 Å². The fraction of sp³-hybridized carbons (Fsp3) is 0.462. The summed E-state index contributed by atoms with van der Waals surface area (Å²) in [4.78, 5) is 25.7. The predicted molar refractivity (Wildman–Crippen MR) is 143 cm³/mol. The number of nitrogens with zero attached hydrogens (tertiary/aromatic N) is 1. The predicted octanol–water partition coefficient (Wildman–Crippen LogP) is 5.35. The number of fused-ring (bicyclic) bond motifs is 2. The van der Waals surface area contributed by atoms with E-state index in [0.717, 1.165) is 6.42 Å². The highest BCUT2D eigenvalue weighted by atomic mass is 35.5. The Morgan fingerprint density at radius 1 is 0.974 bits per heavy atom. The van der Waals surface area contributed by atoms with Gasteiger partial charge in [-0.2, -0.15) is 0 Å². The van der Waals surface area contributed by atoms with Crippen LogP contribution in [-0.2, 0) is 14.2 Å². The van der Waals surface area contributed by atoms with E-state index >= 15 is 0 Å². The maximum Gasteiger partial charge on any atom is 0.345 e. The Kier molecular flexibility index (Phi) is 11.3. The topological polar surface area (TPSA) is 95.6 Å². The van der Waals surface area contributed by atoms with Gasteiger partial charge < -0.3 is 33.9 Å². The summed E-state index contributed by atoms with van der Waals surface area (Å²) in [6.07, 6.45) is 0.805. The lowest BCUT2D eigenvalue weighted by Gasteiger charge is -2.32. The Hall–Kier alpha value is -3.02. The molecule has 2 aromatic rings. The second kappa shape index (κ2) is 14.4. The van der Waals surface area contributed by atoms with Gasteiger partial charge in [-0.25, -0.2) is 18.4 Å². The largest absolute Gasteiger partial charge is 0.489 e. The lowest BCUT2D eigenvalue weighted by molar-refractivity contribution is 0.0505. The Labute approximate surface area is 235 Å². The van der Waals surface area contributed by atoms with Gasteiger partial charge in [0, 0.05) is 26.8 Å². The fourth-order valence-corrected chi connectivity index (χ4v) is 4.39. The summed E-state index contributed by atoms with van der Waals surface area (Å²) in [6, 6.07) is 2.88. The number of halogens is 4. The normalized spacial score (nSPS) is 13.5. The molecular formula is C26H30Cl2F2N2O7. The zero-order valence-corrected chi connectivity index (χ0v) is 23.3. The minimum absolute atomic E-state index is 0.121. The third-order valence-corrected chi connectivity index (χ3v) is 6.22. The zero-order chi connectivity index (χ0) is 28.5. The van der Waals surface area contributed by atoms with Crippen LogP contribution in [0.4, 0.5) is 20.2 Å². The number of rotatable bonds is 8. The van der Waals surface area contributed by atoms with E-state index in [0.29, 0.717) is 50.8 Å². The third kappa shape index (κ3) is 7.14. The average molecular weight is 591 g/mol. The van der Waals surface area contributed by atoms with Crippen LogP contribution in [-0.4, -0.2) is 71.7 Å². The van der Waals surface area contributed by atoms with Crippen molar-refractivity contribution < 1.29 is 42.1 Å². The molecule has 214 valence electrons. The Morgan fingerprint density at radius 2 is 1.56 bits per heavy atom. The van der Waals surface area contributed by atoms with E-state index in [1.165, 1.54) is 12.1 Å². The van der Waals surface area contributed by atoms with E-state index in [9.17, 15) is 18.4 Å². The summed E-state index contributed by atoms with van der Waals surface area (Å²) in [6.45, 7) is 6.88. The molecule has 9 nitrogen and oxygen atoms in total. The highest BCUT2D eigenvalue weighted by Crippen LogP contribution is 2.41. The van der Waals surface area contributed by atoms with Crippen LogP contribution in [0.5, 0.6) is 11.5 Å². The van der Waals surface area contributed by atoms with E-state index in [2.05, 4.69) is 5.32 Å². The second-order valence-electron chi connectivity index (χ2n) is 8.22. The molecule has 0 unspecified atom stereocenters. The number of methoxy groups -OCH3 is 1. The molecule has 2 aliphatic rings. The van der Waals surface area contributed by atoms with Crippen molar-refractivity contribution in [1.82, 2.24) is 0 Å². The molecule has 0 atom stereocenters. The van der Waals surface area contributed by atoms with Gasteiger partial charge in [-0.1, -0.05) is 23.2 Å². The molecule has 0 bridgehead atoms. The molecule has 39 heavy (non-hydrogen) atoms. The lowest BCUT2D eigenvalue weighted by Crippen LogP contribution is -2.35. The van der Waals surface area contributed by atoms with Crippen molar-refractivity contribution in [3.8, 4) is 11.5 Å². The number of ether oxygens (including phenoxy) is 5. The van der Waals surface area contributed by atoms with Crippen molar-refractivity contribution in [2.75, 3.05) is 70.0 Å². The first-order chi connectivity index (χ1) is 18.7. The van der Waals surface area contributed by atoms with E-state index in [1.54, 1.807) is 21.0 Å². The van der Waals surface area contributed by atoms with Crippen LogP contribution in [0.1, 0.15) is 41.0 Å². The van der Waals surface area contributed by atoms with Crippen LogP contribution >= 0.6 is 23.2 Å². The summed E-state index contributed by atoms with van der Waals surface area (Å²) in [5.74, 6) is -2.80. The molecule has 0 saturated heterocycles. The summed E-state index contributed by atoms with van der Waals surface area (Å²) in [5, 5.41) is 2.73. The summed E-state index contributed by atoms with van der Waals surface area (Å²) >= 11 is 11.6. The number of benzene rings is 2. The van der Waals surface area contributed by atoms with Gasteiger partial charge in [0.1, 0.15) is 24.3 Å². The van der Waals surface area contributed by atoms with Crippen LogP contribution < -0.4 is 19.7 Å². The zero-order valence-electron chi connectivity index (χ0n) is 21.8. The van der Waals surface area contributed by atoms with Gasteiger partial charge in [0.25, 0.3) is 0 Å². The number of carbonyl (C=O) groups is 2. The van der Waals surface area contributed by atoms with E-state index < -0.39 is 23.6 Å². The Balaban J connectivity index is 0.000000223. The van der Waals surface area contributed by atoms with Gasteiger partial charge in [0.05, 0.1) is 41.2 Å². The smallest absolute Gasteiger partial charge is 0.345 e. The van der Waals surface area contributed by atoms with E-state index in [-0.39, 0.29) is 45.9 Å². The molecule has 4 rings (SSSR count). The molecule has 0 aliphatic carbocycles. The van der Waals surface area contributed by atoms with Crippen molar-refractivity contribution in [2.45, 2.75) is 20.3 Å². The standard InChI is InChI=1S/C15H19ClFNO4.C11H11ClFNO3/c1-3-21-15(19)12-13(17)10(16)9-11-14(12)22-8-6-18(11)5-4-7-20-2;1-2-16-11(15)8-9(13)6(12)5-7-10(8)17-4-3-14-7/h9H,3-8H2,1-2H3;5,14H,2-4H2,1H3. The minimum Gasteiger partial charge on any atom is -0.489 e. The highest BCUT2D eigenvalue weighted by Gasteiger charge is 2.30. The van der Waals surface area contributed by atoms with Gasteiger partial charge in [0.15, 0.2) is 23.1 Å². The second-order valence-corrected chi connectivity index (χ2v) is 9.03. The molecule has 1 N–H and O–H groups in total. The monoisotopic (exact) mass is 590 g/mol. The van der Waals surface area contributed by atoms with E-state index in [4.69, 9.17) is 46.9 Å². The summed E-state index contributed by atoms with van der Waals surface area (Å²) in [5.41, 5.74) is 0.629. The van der Waals surface area contributed by atoms with Gasteiger partial charge >= 0.3 is 11.9 Å². The van der Waals surface area contributed by atoms with Gasteiger partial charge in [0.2, 0.25) is 0 Å². The van der Waals surface area contributed by atoms with Crippen molar-refractivity contribution in [3.63, 3.8) is 0 Å². The first-order valence-electron chi connectivity index (χ1n) is 12.4. The first kappa shape index (κ1) is 30.5. The molecule has 0 spiro atoms. The van der Waals surface area contributed by atoms with Crippen molar-refractivity contribution in [3.05, 3.63) is 44.9 Å². The van der Waals surface area contributed by atoms with Crippen molar-refractivity contribution >= 4 is 46.5 Å². The molecule has 2 aliphatic heterocycles. The lowest BCUT2D eigenvalue weighted by atomic mass is 10.1. The number of nitrogens with one attached hydrogen (secondary N) is 1. The first-order valence-corrected chi connectivity index (χ1v) is 13.1. The molecule has 2 heterocycles. The third-order valence-electron chi connectivity index (χ3n) is 5.67. The van der Waals surface area contributed by atoms with Crippen LogP contribution in [0.3, 0.4) is 0 Å². The summed E-state index contributed by atoms with van der Waals surface area (Å²) in [7, 11) is 1.64. The van der Waals surface area contributed by atoms with Crippen LogP contribution in [0.25, 0.3) is 0 Å². The fourth-order valence-electron chi connectivity index (χ4n) is 3.99. The van der Waals surface area contributed by atoms with E-state index in [1.807, 2.05) is 4.90 Å². The molecular weight excluding hydrogens is 561 g/mol. The molecule has 0 amide bonds. The van der Waals surface area contributed by atoms with Gasteiger partial charge in [-0.3, -0.25) is 0 Å². The molecule has 0 radical (unpaired) electrons. The number of esters is 2. The van der Waals surface area contributed by atoms with Crippen molar-refractivity contribution in [2.24, 2.45) is 0 Å². The number of anilines is 2. The van der Waals surface area contributed by atoms with Crippen LogP contribution in [0.15, 0.2) is 12.1 Å². The van der Waals surface area contributed by atoms with Crippen LogP contribution in [0, 0.1) is 11.6 Å². The average Bonchev–Trinajstić information content (AvgIpc) is 2.91. The highest BCUT2D eigenvalue weighted by molar-refractivity contribution is 6.32. The minimum atomic E-state index is -0.812. The molecule has 0 aromatic heterocycles. The molecule has 13 heteroatoms. The van der Waals surface area contributed by atoms with Gasteiger partial charge in [-0.15, -0.1) is 0 Å². The van der Waals surface area contributed by atoms with Gasteiger partial charge in [-0.05, 0) is 32.4 Å². The number of carbonyl (C=O) groups excluding carboxylic acids is 2. The molecule has 2 aromatic carbocycles. The Morgan fingerprint density at radius 3 is 2.18 bits per heavy atom. The maximum absolute atomic E-state index is 14.2. The maximum atomic E-state index is 14.2.